The number of amides is 4. The standard InChI is InChI=1S/C38H48N4O7S2/c1-2-3-22-50-37(28-18-16-27(17-19-28)26-12-8-7-9-13-26)24-32-33(43)40-38(35(45)41-51(48,49)30-20-21-30)23-29(38)14-10-5-4-6-11-15-31(39-36(46)47)34(44)42(32)25-37/h7-10,12-14,16-19,29-32,39H,2-6,11,15,20-25H2,1H3,(H,40,43)(H,41,45)(H,46,47)/b14-10-/t29-,31+,32+,37+,38-/m1/s1. The maximum Gasteiger partial charge on any atom is 0.405 e. The van der Waals surface area contributed by atoms with Crippen LogP contribution in [0.3, 0.4) is 0 Å². The number of fused-ring (bicyclic) bond motifs is 2. The Hall–Kier alpha value is -3.84. The Morgan fingerprint density at radius 1 is 0.980 bits per heavy atom. The number of carbonyl (C=O) groups is 4. The Morgan fingerprint density at radius 2 is 1.71 bits per heavy atom. The van der Waals surface area contributed by atoms with Crippen LogP contribution in [0.2, 0.25) is 0 Å². The predicted octanol–water partition coefficient (Wildman–Crippen LogP) is 5.32. The lowest BCUT2D eigenvalue weighted by Gasteiger charge is -2.31. The Kier molecular flexibility index (Phi) is 11.2. The zero-order valence-electron chi connectivity index (χ0n) is 29.0. The van der Waals surface area contributed by atoms with Crippen molar-refractivity contribution < 1.29 is 32.7 Å². The molecule has 2 aliphatic carbocycles. The Bertz CT molecular complexity index is 1750. The molecule has 0 unspecified atom stereocenters. The first kappa shape index (κ1) is 36.9. The van der Waals surface area contributed by atoms with Crippen LogP contribution in [-0.2, 0) is 29.2 Å². The number of carboxylic acid groups (broad SMARTS) is 1. The first-order valence-electron chi connectivity index (χ1n) is 18.1. The third kappa shape index (κ3) is 8.30. The summed E-state index contributed by atoms with van der Waals surface area (Å²) >= 11 is 1.69. The molecule has 4 aliphatic rings. The van der Waals surface area contributed by atoms with Crippen LogP contribution >= 0.6 is 11.8 Å². The van der Waals surface area contributed by atoms with Gasteiger partial charge in [0.25, 0.3) is 5.91 Å². The zero-order chi connectivity index (χ0) is 36.2. The highest BCUT2D eigenvalue weighted by molar-refractivity contribution is 8.00. The molecule has 2 aliphatic heterocycles. The maximum atomic E-state index is 14.6. The highest BCUT2D eigenvalue weighted by Gasteiger charge is 2.62. The second-order valence-corrected chi connectivity index (χ2v) is 17.8. The number of sulfonamides is 1. The number of hydrogen-bond acceptors (Lipinski definition) is 7. The molecule has 274 valence electrons. The van der Waals surface area contributed by atoms with Crippen LogP contribution in [0.4, 0.5) is 4.79 Å². The second-order valence-electron chi connectivity index (χ2n) is 14.3. The average Bonchev–Trinajstić information content (AvgIpc) is 4.04. The van der Waals surface area contributed by atoms with E-state index in [0.29, 0.717) is 25.7 Å². The minimum atomic E-state index is -3.87. The van der Waals surface area contributed by atoms with Gasteiger partial charge in [-0.25, -0.2) is 13.2 Å². The molecule has 51 heavy (non-hydrogen) atoms. The number of nitrogens with one attached hydrogen (secondary N) is 3. The van der Waals surface area contributed by atoms with Gasteiger partial charge in [0.1, 0.15) is 17.6 Å². The van der Waals surface area contributed by atoms with Gasteiger partial charge >= 0.3 is 6.09 Å². The van der Waals surface area contributed by atoms with E-state index in [4.69, 9.17) is 0 Å². The molecule has 3 fully saturated rings. The van der Waals surface area contributed by atoms with E-state index in [2.05, 4.69) is 22.3 Å². The molecule has 6 rings (SSSR count). The fraction of sp³-hybridized carbons (Fsp3) is 0.526. The van der Waals surface area contributed by atoms with Crippen molar-refractivity contribution in [2.45, 2.75) is 105 Å². The van der Waals surface area contributed by atoms with Crippen LogP contribution in [0.5, 0.6) is 0 Å². The van der Waals surface area contributed by atoms with Gasteiger partial charge in [0.15, 0.2) is 0 Å². The van der Waals surface area contributed by atoms with Crippen LogP contribution in [0.1, 0.15) is 83.1 Å². The number of carbonyl (C=O) groups excluding carboxylic acids is 3. The van der Waals surface area contributed by atoms with Gasteiger partial charge in [0, 0.05) is 12.5 Å². The van der Waals surface area contributed by atoms with Crippen LogP contribution in [-0.4, -0.2) is 77.4 Å². The number of thioether (sulfide) groups is 1. The van der Waals surface area contributed by atoms with Gasteiger partial charge in [-0.3, -0.25) is 19.1 Å². The summed E-state index contributed by atoms with van der Waals surface area (Å²) in [7, 11) is -3.87. The number of unbranched alkanes of at least 4 members (excludes halogenated alkanes) is 1. The lowest BCUT2D eigenvalue weighted by molar-refractivity contribution is -0.141. The largest absolute Gasteiger partial charge is 0.465 e. The summed E-state index contributed by atoms with van der Waals surface area (Å²) in [6.07, 6.45) is 9.01. The molecule has 11 nitrogen and oxygen atoms in total. The van der Waals surface area contributed by atoms with Gasteiger partial charge < -0.3 is 20.6 Å². The molecule has 0 bridgehead atoms. The molecule has 2 aromatic rings. The third-order valence-corrected chi connectivity index (χ3v) is 14.0. The van der Waals surface area contributed by atoms with Gasteiger partial charge in [0.05, 0.1) is 10.00 Å². The van der Waals surface area contributed by atoms with Crippen LogP contribution in [0.25, 0.3) is 11.1 Å². The van der Waals surface area contributed by atoms with E-state index in [-0.39, 0.29) is 25.8 Å². The number of rotatable bonds is 10. The fourth-order valence-electron chi connectivity index (χ4n) is 7.37. The Balaban J connectivity index is 1.37. The van der Waals surface area contributed by atoms with Crippen LogP contribution in [0, 0.1) is 5.92 Å². The van der Waals surface area contributed by atoms with Crippen LogP contribution in [0.15, 0.2) is 66.7 Å². The zero-order valence-corrected chi connectivity index (χ0v) is 30.6. The first-order valence-corrected chi connectivity index (χ1v) is 20.7. The number of allylic oxidation sites excluding steroid dienone is 1. The fourth-order valence-corrected chi connectivity index (χ4v) is 10.4. The van der Waals surface area contributed by atoms with E-state index in [9.17, 15) is 32.7 Å². The SMILES string of the molecule is CCCCS[C@@]1(c2ccc(-c3ccccc3)cc2)C[C@H]2C(=O)N[C@]3(C(=O)NS(=O)(=O)C4CC4)C[C@H]3/C=C\CCCCC[C@H](NC(=O)O)C(=O)N2C1. The van der Waals surface area contributed by atoms with Gasteiger partial charge in [-0.15, -0.1) is 11.8 Å². The predicted molar refractivity (Wildman–Crippen MR) is 197 cm³/mol. The van der Waals surface area contributed by atoms with Crippen LogP contribution < -0.4 is 15.4 Å². The van der Waals surface area contributed by atoms with Gasteiger partial charge in [-0.1, -0.05) is 92.9 Å². The highest BCUT2D eigenvalue weighted by atomic mass is 32.2. The van der Waals surface area contributed by atoms with E-state index in [1.807, 2.05) is 66.7 Å². The van der Waals surface area contributed by atoms with E-state index in [1.54, 1.807) is 11.8 Å². The molecule has 4 N–H and O–H groups in total. The molecule has 0 radical (unpaired) electrons. The molecule has 13 heteroatoms. The van der Waals surface area contributed by atoms with Crippen molar-refractivity contribution in [1.82, 2.24) is 20.3 Å². The van der Waals surface area contributed by atoms with Gasteiger partial charge in [0.2, 0.25) is 21.8 Å². The van der Waals surface area contributed by atoms with E-state index in [0.717, 1.165) is 48.1 Å². The van der Waals surface area contributed by atoms with Crippen molar-refractivity contribution in [2.75, 3.05) is 12.3 Å². The molecular formula is C38H48N4O7S2. The maximum absolute atomic E-state index is 14.6. The quantitative estimate of drug-likeness (QED) is 0.188. The van der Waals surface area contributed by atoms with E-state index >= 15 is 0 Å². The second kappa shape index (κ2) is 15.4. The summed E-state index contributed by atoms with van der Waals surface area (Å²) in [6, 6.07) is 16.1. The highest BCUT2D eigenvalue weighted by Crippen LogP contribution is 2.50. The topological polar surface area (TPSA) is 162 Å². The summed E-state index contributed by atoms with van der Waals surface area (Å²) in [5.41, 5.74) is 1.57. The molecule has 5 atom stereocenters. The number of hydrogen-bond donors (Lipinski definition) is 4. The van der Waals surface area contributed by atoms with Crippen molar-refractivity contribution in [3.05, 3.63) is 72.3 Å². The minimum Gasteiger partial charge on any atom is -0.465 e. The number of nitrogens with zero attached hydrogens (tertiary/aromatic N) is 1. The smallest absolute Gasteiger partial charge is 0.405 e. The van der Waals surface area contributed by atoms with Crippen molar-refractivity contribution in [1.29, 1.82) is 0 Å². The van der Waals surface area contributed by atoms with E-state index < -0.39 is 67.4 Å². The van der Waals surface area contributed by atoms with Gasteiger partial charge in [-0.05, 0) is 73.8 Å². The molecule has 0 aromatic heterocycles. The summed E-state index contributed by atoms with van der Waals surface area (Å²) in [6.45, 7) is 2.27. The average molecular weight is 737 g/mol. The van der Waals surface area contributed by atoms with Crippen molar-refractivity contribution in [2.24, 2.45) is 5.92 Å². The molecule has 2 saturated carbocycles. The molecule has 1 saturated heterocycles. The summed E-state index contributed by atoms with van der Waals surface area (Å²) in [4.78, 5) is 56.2. The molecule has 2 aromatic carbocycles. The first-order chi connectivity index (χ1) is 24.5. The van der Waals surface area contributed by atoms with Crippen molar-refractivity contribution in [3.8, 4) is 11.1 Å². The van der Waals surface area contributed by atoms with E-state index in [1.165, 1.54) is 4.90 Å². The summed E-state index contributed by atoms with van der Waals surface area (Å²) < 4.78 is 27.2. The molecule has 4 amide bonds. The third-order valence-electron chi connectivity index (χ3n) is 10.6. The molecule has 0 spiro atoms. The Morgan fingerprint density at radius 3 is 2.39 bits per heavy atom. The van der Waals surface area contributed by atoms with Crippen molar-refractivity contribution in [3.63, 3.8) is 0 Å². The monoisotopic (exact) mass is 736 g/mol. The minimum absolute atomic E-state index is 0.166. The van der Waals surface area contributed by atoms with Crippen molar-refractivity contribution >= 4 is 45.6 Å². The Labute approximate surface area is 304 Å². The molecular weight excluding hydrogens is 689 g/mol. The lowest BCUT2D eigenvalue weighted by Crippen LogP contribution is -2.58. The molecule has 2 heterocycles. The number of benzene rings is 2. The summed E-state index contributed by atoms with van der Waals surface area (Å²) in [5, 5.41) is 14.5. The van der Waals surface area contributed by atoms with Gasteiger partial charge in [-0.2, -0.15) is 0 Å². The normalized spacial score (nSPS) is 29.0. The summed E-state index contributed by atoms with van der Waals surface area (Å²) in [5.74, 6) is -1.42. The lowest BCUT2D eigenvalue weighted by atomic mass is 9.93.